The SMILES string of the molecule is COC(=O)C1CN(Cc2cc(C)cc(C)c2)CCO1. The Kier molecular flexibility index (Phi) is 4.56. The molecule has 0 radical (unpaired) electrons. The van der Waals surface area contributed by atoms with E-state index in [9.17, 15) is 4.79 Å². The molecule has 4 heteroatoms. The predicted octanol–water partition coefficient (Wildman–Crippen LogP) is 1.68. The van der Waals surface area contributed by atoms with Crippen molar-refractivity contribution in [3.63, 3.8) is 0 Å². The third kappa shape index (κ3) is 3.78. The molecular weight excluding hydrogens is 242 g/mol. The van der Waals surface area contributed by atoms with E-state index in [-0.39, 0.29) is 5.97 Å². The van der Waals surface area contributed by atoms with Gasteiger partial charge in [0.15, 0.2) is 6.10 Å². The van der Waals surface area contributed by atoms with Crippen molar-refractivity contribution in [2.75, 3.05) is 26.8 Å². The van der Waals surface area contributed by atoms with Crippen LogP contribution in [0.4, 0.5) is 0 Å². The first-order valence-corrected chi connectivity index (χ1v) is 6.57. The standard InChI is InChI=1S/C15H21NO3/c1-11-6-12(2)8-13(7-11)9-16-4-5-19-14(10-16)15(17)18-3/h6-8,14H,4-5,9-10H2,1-3H3. The summed E-state index contributed by atoms with van der Waals surface area (Å²) in [5, 5.41) is 0. The summed E-state index contributed by atoms with van der Waals surface area (Å²) in [4.78, 5) is 13.7. The lowest BCUT2D eigenvalue weighted by atomic mass is 10.1. The summed E-state index contributed by atoms with van der Waals surface area (Å²) in [6, 6.07) is 6.55. The number of aryl methyl sites for hydroxylation is 2. The molecule has 0 aromatic heterocycles. The molecule has 1 unspecified atom stereocenters. The summed E-state index contributed by atoms with van der Waals surface area (Å²) >= 11 is 0. The monoisotopic (exact) mass is 263 g/mol. The molecule has 1 atom stereocenters. The number of hydrogen-bond donors (Lipinski definition) is 0. The Bertz CT molecular complexity index is 438. The van der Waals surface area contributed by atoms with Crippen LogP contribution in [0.25, 0.3) is 0 Å². The van der Waals surface area contributed by atoms with Gasteiger partial charge in [-0.2, -0.15) is 0 Å². The number of carbonyl (C=O) groups is 1. The van der Waals surface area contributed by atoms with Crippen LogP contribution in [0.15, 0.2) is 18.2 Å². The number of morpholine rings is 1. The molecular formula is C15H21NO3. The molecule has 0 amide bonds. The Morgan fingerprint density at radius 1 is 1.37 bits per heavy atom. The minimum absolute atomic E-state index is 0.287. The minimum Gasteiger partial charge on any atom is -0.467 e. The molecule has 1 aromatic carbocycles. The van der Waals surface area contributed by atoms with Crippen LogP contribution in [0.5, 0.6) is 0 Å². The molecule has 1 heterocycles. The Morgan fingerprint density at radius 3 is 2.68 bits per heavy atom. The Labute approximate surface area is 114 Å². The number of benzene rings is 1. The molecule has 104 valence electrons. The van der Waals surface area contributed by atoms with E-state index in [4.69, 9.17) is 9.47 Å². The van der Waals surface area contributed by atoms with Gasteiger partial charge in [-0.05, 0) is 19.4 Å². The van der Waals surface area contributed by atoms with Crippen molar-refractivity contribution in [3.8, 4) is 0 Å². The van der Waals surface area contributed by atoms with Crippen LogP contribution in [-0.4, -0.2) is 43.8 Å². The van der Waals surface area contributed by atoms with E-state index in [2.05, 4.69) is 36.9 Å². The van der Waals surface area contributed by atoms with Gasteiger partial charge in [0.25, 0.3) is 0 Å². The fraction of sp³-hybridized carbons (Fsp3) is 0.533. The van der Waals surface area contributed by atoms with Gasteiger partial charge in [0.05, 0.1) is 13.7 Å². The smallest absolute Gasteiger partial charge is 0.336 e. The van der Waals surface area contributed by atoms with E-state index in [0.29, 0.717) is 13.2 Å². The molecule has 0 bridgehead atoms. The van der Waals surface area contributed by atoms with Crippen LogP contribution in [0.3, 0.4) is 0 Å². The summed E-state index contributed by atoms with van der Waals surface area (Å²) in [6.45, 7) is 7.07. The van der Waals surface area contributed by atoms with Gasteiger partial charge in [0, 0.05) is 19.6 Å². The topological polar surface area (TPSA) is 38.8 Å². The Hall–Kier alpha value is -1.39. The highest BCUT2D eigenvalue weighted by Crippen LogP contribution is 2.14. The van der Waals surface area contributed by atoms with Crippen LogP contribution >= 0.6 is 0 Å². The molecule has 1 aliphatic rings. The number of nitrogens with zero attached hydrogens (tertiary/aromatic N) is 1. The first-order valence-electron chi connectivity index (χ1n) is 6.57. The van der Waals surface area contributed by atoms with E-state index in [1.54, 1.807) is 0 Å². The molecule has 19 heavy (non-hydrogen) atoms. The lowest BCUT2D eigenvalue weighted by Gasteiger charge is -2.31. The third-order valence-electron chi connectivity index (χ3n) is 3.30. The normalized spacial score (nSPS) is 20.3. The molecule has 1 saturated heterocycles. The molecule has 0 saturated carbocycles. The molecule has 1 aliphatic heterocycles. The summed E-state index contributed by atoms with van der Waals surface area (Å²) < 4.78 is 10.2. The number of esters is 1. The number of ether oxygens (including phenoxy) is 2. The molecule has 4 nitrogen and oxygen atoms in total. The number of hydrogen-bond acceptors (Lipinski definition) is 4. The van der Waals surface area contributed by atoms with Crippen LogP contribution in [-0.2, 0) is 20.8 Å². The second-order valence-electron chi connectivity index (χ2n) is 5.11. The van der Waals surface area contributed by atoms with Crippen LogP contribution in [0.2, 0.25) is 0 Å². The van der Waals surface area contributed by atoms with Crippen molar-refractivity contribution >= 4 is 5.97 Å². The Balaban J connectivity index is 2.00. The van der Waals surface area contributed by atoms with E-state index in [1.807, 2.05) is 0 Å². The van der Waals surface area contributed by atoms with Gasteiger partial charge in [0.1, 0.15) is 0 Å². The lowest BCUT2D eigenvalue weighted by molar-refractivity contribution is -0.160. The highest BCUT2D eigenvalue weighted by atomic mass is 16.6. The summed E-state index contributed by atoms with van der Waals surface area (Å²) in [5.41, 5.74) is 3.82. The average molecular weight is 263 g/mol. The number of rotatable bonds is 3. The fourth-order valence-electron chi connectivity index (χ4n) is 2.54. The van der Waals surface area contributed by atoms with E-state index in [0.717, 1.165) is 13.1 Å². The first kappa shape index (κ1) is 14.0. The highest BCUT2D eigenvalue weighted by Gasteiger charge is 2.27. The average Bonchev–Trinajstić information content (AvgIpc) is 2.37. The van der Waals surface area contributed by atoms with Crippen molar-refractivity contribution < 1.29 is 14.3 Å². The molecule has 1 fully saturated rings. The zero-order valence-corrected chi connectivity index (χ0v) is 11.8. The van der Waals surface area contributed by atoms with E-state index < -0.39 is 6.10 Å². The van der Waals surface area contributed by atoms with Crippen LogP contribution < -0.4 is 0 Å². The maximum atomic E-state index is 11.5. The maximum Gasteiger partial charge on any atom is 0.336 e. The summed E-state index contributed by atoms with van der Waals surface area (Å²) in [5.74, 6) is -0.287. The zero-order valence-electron chi connectivity index (χ0n) is 11.8. The number of methoxy groups -OCH3 is 1. The van der Waals surface area contributed by atoms with Gasteiger partial charge in [-0.1, -0.05) is 29.3 Å². The first-order chi connectivity index (χ1) is 9.08. The van der Waals surface area contributed by atoms with Gasteiger partial charge < -0.3 is 9.47 Å². The summed E-state index contributed by atoms with van der Waals surface area (Å²) in [7, 11) is 1.40. The van der Waals surface area contributed by atoms with Gasteiger partial charge >= 0.3 is 5.97 Å². The second kappa shape index (κ2) is 6.17. The fourth-order valence-corrected chi connectivity index (χ4v) is 2.54. The molecule has 0 spiro atoms. The predicted molar refractivity (Wildman–Crippen MR) is 72.9 cm³/mol. The summed E-state index contributed by atoms with van der Waals surface area (Å²) in [6.07, 6.45) is -0.454. The highest BCUT2D eigenvalue weighted by molar-refractivity contribution is 5.74. The van der Waals surface area contributed by atoms with Crippen molar-refractivity contribution in [3.05, 3.63) is 34.9 Å². The van der Waals surface area contributed by atoms with E-state index >= 15 is 0 Å². The van der Waals surface area contributed by atoms with Crippen molar-refractivity contribution in [1.29, 1.82) is 0 Å². The molecule has 0 N–H and O–H groups in total. The maximum absolute atomic E-state index is 11.5. The van der Waals surface area contributed by atoms with Crippen LogP contribution in [0, 0.1) is 13.8 Å². The second-order valence-corrected chi connectivity index (χ2v) is 5.11. The van der Waals surface area contributed by atoms with Crippen molar-refractivity contribution in [2.45, 2.75) is 26.5 Å². The van der Waals surface area contributed by atoms with Crippen LogP contribution in [0.1, 0.15) is 16.7 Å². The molecule has 0 aliphatic carbocycles. The minimum atomic E-state index is -0.454. The van der Waals surface area contributed by atoms with E-state index in [1.165, 1.54) is 23.8 Å². The van der Waals surface area contributed by atoms with Gasteiger partial charge in [-0.3, -0.25) is 4.90 Å². The van der Waals surface area contributed by atoms with Crippen molar-refractivity contribution in [2.24, 2.45) is 0 Å². The quantitative estimate of drug-likeness (QED) is 0.778. The van der Waals surface area contributed by atoms with Gasteiger partial charge in [0.2, 0.25) is 0 Å². The lowest BCUT2D eigenvalue weighted by Crippen LogP contribution is -2.46. The van der Waals surface area contributed by atoms with Gasteiger partial charge in [-0.25, -0.2) is 4.79 Å². The zero-order chi connectivity index (χ0) is 13.8. The van der Waals surface area contributed by atoms with Gasteiger partial charge in [-0.15, -0.1) is 0 Å². The third-order valence-corrected chi connectivity index (χ3v) is 3.30. The largest absolute Gasteiger partial charge is 0.467 e. The molecule has 2 rings (SSSR count). The van der Waals surface area contributed by atoms with Crippen molar-refractivity contribution in [1.82, 2.24) is 4.90 Å². The number of carbonyl (C=O) groups excluding carboxylic acids is 1. The Morgan fingerprint density at radius 2 is 2.05 bits per heavy atom. The molecule has 1 aromatic rings.